The summed E-state index contributed by atoms with van der Waals surface area (Å²) in [5.41, 5.74) is 3.90. The van der Waals surface area contributed by atoms with Crippen LogP contribution in [0.25, 0.3) is 10.9 Å². The maximum atomic E-state index is 12.9. The molecule has 9 heteroatoms. The topological polar surface area (TPSA) is 75.4 Å². The van der Waals surface area contributed by atoms with E-state index in [4.69, 9.17) is 0 Å². The summed E-state index contributed by atoms with van der Waals surface area (Å²) >= 11 is 0. The highest BCUT2D eigenvalue weighted by Gasteiger charge is 2.30. The Morgan fingerprint density at radius 2 is 1.82 bits per heavy atom. The molecule has 2 heterocycles. The average Bonchev–Trinajstić information content (AvgIpc) is 3.65. The van der Waals surface area contributed by atoms with E-state index in [0.29, 0.717) is 28.9 Å². The Morgan fingerprint density at radius 1 is 1.00 bits per heavy atom. The minimum atomic E-state index is -4.39. The molecule has 0 spiro atoms. The number of hydrogen-bond donors (Lipinski definition) is 1. The summed E-state index contributed by atoms with van der Waals surface area (Å²) in [6.45, 7) is 2.17. The highest BCUT2D eigenvalue weighted by atomic mass is 19.4. The zero-order valence-corrected chi connectivity index (χ0v) is 18.3. The molecule has 2 aromatic heterocycles. The van der Waals surface area contributed by atoms with Gasteiger partial charge in [0.15, 0.2) is 0 Å². The summed E-state index contributed by atoms with van der Waals surface area (Å²) < 4.78 is 38.7. The van der Waals surface area contributed by atoms with Crippen LogP contribution in [-0.2, 0) is 12.7 Å². The number of nitrogens with one attached hydrogen (secondary N) is 1. The van der Waals surface area contributed by atoms with Crippen molar-refractivity contribution in [3.8, 4) is 0 Å². The minimum Gasteiger partial charge on any atom is -0.354 e. The zero-order chi connectivity index (χ0) is 23.7. The van der Waals surface area contributed by atoms with Gasteiger partial charge >= 0.3 is 6.18 Å². The molecule has 0 aliphatic heterocycles. The first-order valence-electron chi connectivity index (χ1n) is 10.9. The number of para-hydroxylation sites is 1. The third kappa shape index (κ3) is 4.88. The third-order valence-electron chi connectivity index (χ3n) is 5.65. The van der Waals surface area contributed by atoms with Crippen molar-refractivity contribution in [3.05, 3.63) is 83.3 Å². The predicted molar refractivity (Wildman–Crippen MR) is 123 cm³/mol. The largest absolute Gasteiger partial charge is 0.416 e. The molecule has 1 aliphatic carbocycles. The van der Waals surface area contributed by atoms with Gasteiger partial charge in [0.2, 0.25) is 0 Å². The fourth-order valence-electron chi connectivity index (χ4n) is 3.78. The van der Waals surface area contributed by atoms with E-state index >= 15 is 0 Å². The van der Waals surface area contributed by atoms with Crippen LogP contribution in [0.5, 0.6) is 0 Å². The van der Waals surface area contributed by atoms with Gasteiger partial charge in [-0.1, -0.05) is 24.3 Å². The molecule has 1 N–H and O–H groups in total. The molecule has 0 radical (unpaired) electrons. The van der Waals surface area contributed by atoms with Crippen molar-refractivity contribution in [2.75, 3.05) is 5.32 Å². The number of aryl methyl sites for hydroxylation is 1. The summed E-state index contributed by atoms with van der Waals surface area (Å²) in [5, 5.41) is 12.4. The number of rotatable bonds is 6. The standard InChI is InChI=1S/C25H21F3N6/c1-15-21-6-3-7-22(16-8-9-16)23(21)33-24(31-15)34-30-14-19-10-11-20(13-29-19)32-18-5-2-4-17(12-18)25(26,27)28/h2-7,10-13,16,32H,8-9,14H2,1H3. The molecule has 4 aromatic rings. The van der Waals surface area contributed by atoms with E-state index in [0.717, 1.165) is 28.7 Å². The Kier molecular flexibility index (Phi) is 5.69. The summed E-state index contributed by atoms with van der Waals surface area (Å²) in [6.07, 6.45) is -0.478. The van der Waals surface area contributed by atoms with E-state index in [1.165, 1.54) is 24.5 Å². The van der Waals surface area contributed by atoms with Crippen LogP contribution >= 0.6 is 0 Å². The molecule has 172 valence electrons. The van der Waals surface area contributed by atoms with Crippen LogP contribution in [0.1, 0.15) is 41.3 Å². The van der Waals surface area contributed by atoms with Crippen molar-refractivity contribution in [1.29, 1.82) is 0 Å². The number of halogens is 3. The smallest absolute Gasteiger partial charge is 0.354 e. The van der Waals surface area contributed by atoms with Crippen molar-refractivity contribution in [2.45, 2.75) is 38.4 Å². The van der Waals surface area contributed by atoms with Gasteiger partial charge in [0.05, 0.1) is 34.4 Å². The van der Waals surface area contributed by atoms with Crippen molar-refractivity contribution < 1.29 is 13.2 Å². The van der Waals surface area contributed by atoms with E-state index in [-0.39, 0.29) is 6.54 Å². The zero-order valence-electron chi connectivity index (χ0n) is 18.3. The second-order valence-corrected chi connectivity index (χ2v) is 8.27. The van der Waals surface area contributed by atoms with Gasteiger partial charge in [0.1, 0.15) is 6.54 Å². The van der Waals surface area contributed by atoms with Gasteiger partial charge in [-0.15, -0.1) is 5.11 Å². The number of benzene rings is 2. The number of hydrogen-bond acceptors (Lipinski definition) is 6. The Morgan fingerprint density at radius 3 is 2.56 bits per heavy atom. The molecule has 0 amide bonds. The van der Waals surface area contributed by atoms with Crippen molar-refractivity contribution in [2.24, 2.45) is 10.2 Å². The molecular weight excluding hydrogens is 441 g/mol. The summed E-state index contributed by atoms with van der Waals surface area (Å²) in [7, 11) is 0. The number of alkyl halides is 3. The lowest BCUT2D eigenvalue weighted by Crippen LogP contribution is -2.05. The number of fused-ring (bicyclic) bond motifs is 1. The normalized spacial score (nSPS) is 14.1. The summed E-state index contributed by atoms with van der Waals surface area (Å²) in [6, 6.07) is 14.7. The van der Waals surface area contributed by atoms with Crippen LogP contribution in [-0.4, -0.2) is 15.0 Å². The summed E-state index contributed by atoms with van der Waals surface area (Å²) in [5.74, 6) is 0.885. The monoisotopic (exact) mass is 462 g/mol. The molecule has 1 aliphatic rings. The fraction of sp³-hybridized carbons (Fsp3) is 0.240. The Labute approximate surface area is 194 Å². The van der Waals surface area contributed by atoms with Gasteiger partial charge < -0.3 is 5.32 Å². The molecule has 34 heavy (non-hydrogen) atoms. The number of azo groups is 1. The van der Waals surface area contributed by atoms with Crippen molar-refractivity contribution in [3.63, 3.8) is 0 Å². The number of pyridine rings is 1. The van der Waals surface area contributed by atoms with Gasteiger partial charge in [0, 0.05) is 11.1 Å². The van der Waals surface area contributed by atoms with E-state index in [1.54, 1.807) is 24.4 Å². The SMILES string of the molecule is Cc1nc(N=NCc2ccc(Nc3cccc(C(F)(F)F)c3)cn2)nc2c(C3CC3)cccc12. The quantitative estimate of drug-likeness (QED) is 0.306. The average molecular weight is 462 g/mol. The van der Waals surface area contributed by atoms with E-state index in [1.807, 2.05) is 19.1 Å². The molecule has 0 saturated heterocycles. The second kappa shape index (κ2) is 8.81. The van der Waals surface area contributed by atoms with Gasteiger partial charge in [-0.05, 0) is 61.6 Å². The molecule has 0 bridgehead atoms. The highest BCUT2D eigenvalue weighted by molar-refractivity contribution is 5.85. The lowest BCUT2D eigenvalue weighted by molar-refractivity contribution is -0.137. The fourth-order valence-corrected chi connectivity index (χ4v) is 3.78. The third-order valence-corrected chi connectivity index (χ3v) is 5.65. The predicted octanol–water partition coefficient (Wildman–Crippen LogP) is 7.26. The molecule has 5 rings (SSSR count). The van der Waals surface area contributed by atoms with Crippen LogP contribution in [0.15, 0.2) is 71.0 Å². The Bertz CT molecular complexity index is 1360. The molecule has 6 nitrogen and oxygen atoms in total. The summed E-state index contributed by atoms with van der Waals surface area (Å²) in [4.78, 5) is 13.4. The first-order valence-corrected chi connectivity index (χ1v) is 10.9. The lowest BCUT2D eigenvalue weighted by Gasteiger charge is -2.10. The molecule has 0 atom stereocenters. The van der Waals surface area contributed by atoms with Gasteiger partial charge in [0.25, 0.3) is 5.95 Å². The number of anilines is 2. The maximum Gasteiger partial charge on any atom is 0.416 e. The number of aromatic nitrogens is 3. The van der Waals surface area contributed by atoms with E-state index in [2.05, 4.69) is 36.6 Å². The van der Waals surface area contributed by atoms with Crippen LogP contribution in [0.2, 0.25) is 0 Å². The lowest BCUT2D eigenvalue weighted by atomic mass is 10.1. The maximum absolute atomic E-state index is 12.9. The molecular formula is C25H21F3N6. The van der Waals surface area contributed by atoms with Crippen LogP contribution in [0, 0.1) is 6.92 Å². The van der Waals surface area contributed by atoms with E-state index < -0.39 is 11.7 Å². The highest BCUT2D eigenvalue weighted by Crippen LogP contribution is 2.43. The molecule has 2 aromatic carbocycles. The van der Waals surface area contributed by atoms with Crippen molar-refractivity contribution in [1.82, 2.24) is 15.0 Å². The van der Waals surface area contributed by atoms with Gasteiger partial charge in [-0.2, -0.15) is 18.3 Å². The van der Waals surface area contributed by atoms with Gasteiger partial charge in [-0.3, -0.25) is 4.98 Å². The first-order chi connectivity index (χ1) is 16.4. The van der Waals surface area contributed by atoms with E-state index in [9.17, 15) is 13.2 Å². The van der Waals surface area contributed by atoms with Gasteiger partial charge in [-0.25, -0.2) is 9.97 Å². The molecule has 0 unspecified atom stereocenters. The first kappa shape index (κ1) is 21.9. The van der Waals surface area contributed by atoms with Crippen LogP contribution in [0.4, 0.5) is 30.5 Å². The molecule has 1 fully saturated rings. The van der Waals surface area contributed by atoms with Crippen LogP contribution < -0.4 is 5.32 Å². The minimum absolute atomic E-state index is 0.231. The Balaban J connectivity index is 1.27. The van der Waals surface area contributed by atoms with Crippen LogP contribution in [0.3, 0.4) is 0 Å². The second-order valence-electron chi connectivity index (χ2n) is 8.27. The van der Waals surface area contributed by atoms with Crippen molar-refractivity contribution >= 4 is 28.2 Å². The number of nitrogens with zero attached hydrogens (tertiary/aromatic N) is 5. The Hall–Kier alpha value is -3.88. The molecule has 1 saturated carbocycles.